The molecule has 7 nitrogen and oxygen atoms in total. The Labute approximate surface area is 107 Å². The quantitative estimate of drug-likeness (QED) is 0.169. The van der Waals surface area contributed by atoms with Gasteiger partial charge in [-0.1, -0.05) is 5.16 Å². The highest BCUT2D eigenvalue weighted by Gasteiger charge is 2.35. The van der Waals surface area contributed by atoms with Crippen LogP contribution in [0.1, 0.15) is 26.7 Å². The van der Waals surface area contributed by atoms with Crippen LogP contribution >= 0.6 is 0 Å². The van der Waals surface area contributed by atoms with E-state index in [1.807, 2.05) is 6.92 Å². The Kier molecular flexibility index (Phi) is 5.87. The molecule has 1 aliphatic rings. The van der Waals surface area contributed by atoms with Gasteiger partial charge in [-0.15, -0.1) is 0 Å². The summed E-state index contributed by atoms with van der Waals surface area (Å²) in [4.78, 5) is 12.6. The second kappa shape index (κ2) is 7.17. The molecule has 0 spiro atoms. The zero-order valence-electron chi connectivity index (χ0n) is 10.8. The summed E-state index contributed by atoms with van der Waals surface area (Å²) < 4.78 is 10.9. The molecule has 3 atom stereocenters. The number of nitrogens with two attached hydrogens (primary N) is 1. The molecule has 7 heteroatoms. The van der Waals surface area contributed by atoms with Crippen LogP contribution in [0.15, 0.2) is 5.16 Å². The lowest BCUT2D eigenvalue weighted by Crippen LogP contribution is -2.49. The van der Waals surface area contributed by atoms with Gasteiger partial charge in [0.1, 0.15) is 6.10 Å². The average molecular weight is 259 g/mol. The smallest absolute Gasteiger partial charge is 0.210 e. The number of amidine groups is 1. The fourth-order valence-corrected chi connectivity index (χ4v) is 2.17. The molecule has 0 saturated carbocycles. The Morgan fingerprint density at radius 2 is 2.44 bits per heavy atom. The maximum absolute atomic E-state index is 10.9. The number of ether oxygens (including phenoxy) is 2. The van der Waals surface area contributed by atoms with Crippen molar-refractivity contribution < 1.29 is 19.5 Å². The van der Waals surface area contributed by atoms with E-state index in [2.05, 4.69) is 5.16 Å². The highest BCUT2D eigenvalue weighted by atomic mass is 16.7. The van der Waals surface area contributed by atoms with E-state index in [1.54, 1.807) is 11.8 Å². The lowest BCUT2D eigenvalue weighted by Gasteiger charge is -2.30. The second-order valence-electron chi connectivity index (χ2n) is 4.16. The molecule has 18 heavy (non-hydrogen) atoms. The molecule has 0 aromatic carbocycles. The Balaban J connectivity index is 2.74. The van der Waals surface area contributed by atoms with Crippen molar-refractivity contribution in [3.05, 3.63) is 0 Å². The van der Waals surface area contributed by atoms with Gasteiger partial charge in [0.25, 0.3) is 0 Å². The first-order valence-corrected chi connectivity index (χ1v) is 6.09. The number of carbonyl (C=O) groups excluding carboxylic acids is 1. The van der Waals surface area contributed by atoms with Crippen molar-refractivity contribution in [2.45, 2.75) is 45.1 Å². The third-order valence-electron chi connectivity index (χ3n) is 2.97. The molecule has 1 fully saturated rings. The van der Waals surface area contributed by atoms with Crippen LogP contribution in [0.3, 0.4) is 0 Å². The zero-order chi connectivity index (χ0) is 13.5. The van der Waals surface area contributed by atoms with Crippen LogP contribution in [-0.2, 0) is 14.3 Å². The number of nitrogens with zero attached hydrogens (tertiary/aromatic N) is 2. The molecule has 0 aromatic rings. The number of oxime groups is 1. The molecular weight excluding hydrogens is 238 g/mol. The average Bonchev–Trinajstić information content (AvgIpc) is 2.83. The minimum atomic E-state index is -0.649. The van der Waals surface area contributed by atoms with Crippen LogP contribution in [0.25, 0.3) is 0 Å². The summed E-state index contributed by atoms with van der Waals surface area (Å²) >= 11 is 0. The van der Waals surface area contributed by atoms with Crippen LogP contribution < -0.4 is 5.73 Å². The molecule has 1 rings (SSSR count). The van der Waals surface area contributed by atoms with Crippen molar-refractivity contribution in [3.8, 4) is 0 Å². The fourth-order valence-electron chi connectivity index (χ4n) is 2.17. The highest BCUT2D eigenvalue weighted by Crippen LogP contribution is 2.21. The normalized spacial score (nSPS) is 24.0. The Morgan fingerprint density at radius 3 is 3.00 bits per heavy atom. The number of rotatable bonds is 7. The van der Waals surface area contributed by atoms with E-state index >= 15 is 0 Å². The van der Waals surface area contributed by atoms with Gasteiger partial charge >= 0.3 is 0 Å². The summed E-state index contributed by atoms with van der Waals surface area (Å²) in [6.07, 6.45) is 1.28. The first-order chi connectivity index (χ1) is 8.63. The summed E-state index contributed by atoms with van der Waals surface area (Å²) in [7, 11) is 0. The van der Waals surface area contributed by atoms with Crippen molar-refractivity contribution in [1.82, 2.24) is 4.90 Å². The van der Waals surface area contributed by atoms with Crippen LogP contribution in [0.4, 0.5) is 0 Å². The number of amides is 1. The van der Waals surface area contributed by atoms with Crippen LogP contribution in [0.2, 0.25) is 0 Å². The lowest BCUT2D eigenvalue weighted by atomic mass is 10.1. The maximum atomic E-state index is 10.9. The minimum absolute atomic E-state index is 0.0414. The predicted octanol–water partition coefficient (Wildman–Crippen LogP) is 0.121. The molecule has 0 radical (unpaired) electrons. The molecule has 104 valence electrons. The third-order valence-corrected chi connectivity index (χ3v) is 2.97. The summed E-state index contributed by atoms with van der Waals surface area (Å²) in [6, 6.07) is -0.207. The number of hydrogen-bond acceptors (Lipinski definition) is 5. The van der Waals surface area contributed by atoms with E-state index in [0.717, 1.165) is 19.3 Å². The Hall–Kier alpha value is -1.34. The van der Waals surface area contributed by atoms with Crippen LogP contribution in [0, 0.1) is 0 Å². The van der Waals surface area contributed by atoms with Gasteiger partial charge in [-0.3, -0.25) is 4.79 Å². The first kappa shape index (κ1) is 14.7. The fraction of sp³-hybridized carbons (Fsp3) is 0.818. The molecule has 1 saturated heterocycles. The monoisotopic (exact) mass is 259 g/mol. The van der Waals surface area contributed by atoms with E-state index in [1.165, 1.54) is 0 Å². The molecule has 0 bridgehead atoms. The standard InChI is InChI=1S/C11H21N3O4/c1-3-17-8(2)18-10(11(12)13-16)9-5-4-6-14(9)7-15/h7-10,16H,3-6H2,1-2H3,(H2,12,13)/t8?,9-,10?/m0/s1. The number of carbonyl (C=O) groups is 1. The van der Waals surface area contributed by atoms with Crippen molar-refractivity contribution in [3.63, 3.8) is 0 Å². The first-order valence-electron chi connectivity index (χ1n) is 6.09. The lowest BCUT2D eigenvalue weighted by molar-refractivity contribution is -0.155. The molecular formula is C11H21N3O4. The number of likely N-dealkylation sites (tertiary alicyclic amines) is 1. The molecule has 2 unspecified atom stereocenters. The molecule has 1 heterocycles. The van der Waals surface area contributed by atoms with Crippen LogP contribution in [0.5, 0.6) is 0 Å². The Morgan fingerprint density at radius 1 is 1.72 bits per heavy atom. The highest BCUT2D eigenvalue weighted by molar-refractivity contribution is 5.85. The van der Waals surface area contributed by atoms with Gasteiger partial charge in [0.15, 0.2) is 12.1 Å². The van der Waals surface area contributed by atoms with Gasteiger partial charge in [-0.2, -0.15) is 0 Å². The van der Waals surface area contributed by atoms with Gasteiger partial charge < -0.3 is 25.3 Å². The van der Waals surface area contributed by atoms with Gasteiger partial charge in [-0.05, 0) is 26.7 Å². The Bertz CT molecular complexity index is 298. The minimum Gasteiger partial charge on any atom is -0.409 e. The van der Waals surface area contributed by atoms with E-state index in [0.29, 0.717) is 13.2 Å². The molecule has 1 aliphatic heterocycles. The molecule has 0 aromatic heterocycles. The summed E-state index contributed by atoms with van der Waals surface area (Å²) in [6.45, 7) is 4.76. The molecule has 1 amide bonds. The van der Waals surface area contributed by atoms with E-state index < -0.39 is 12.4 Å². The van der Waals surface area contributed by atoms with Crippen molar-refractivity contribution in [1.29, 1.82) is 0 Å². The third kappa shape index (κ3) is 3.58. The molecule has 0 aliphatic carbocycles. The van der Waals surface area contributed by atoms with Crippen molar-refractivity contribution >= 4 is 12.2 Å². The second-order valence-corrected chi connectivity index (χ2v) is 4.16. The molecule has 3 N–H and O–H groups in total. The van der Waals surface area contributed by atoms with Crippen molar-refractivity contribution in [2.75, 3.05) is 13.2 Å². The van der Waals surface area contributed by atoms with E-state index in [9.17, 15) is 4.79 Å². The van der Waals surface area contributed by atoms with Gasteiger partial charge in [-0.25, -0.2) is 0 Å². The van der Waals surface area contributed by atoms with Gasteiger partial charge in [0.05, 0.1) is 6.04 Å². The number of hydrogen-bond donors (Lipinski definition) is 2. The van der Waals surface area contributed by atoms with Crippen molar-refractivity contribution in [2.24, 2.45) is 10.9 Å². The maximum Gasteiger partial charge on any atom is 0.210 e. The summed E-state index contributed by atoms with van der Waals surface area (Å²) in [5.41, 5.74) is 5.64. The SMILES string of the molecule is CCOC(C)OC(C(N)=NO)[C@@H]1CCCN1C=O. The van der Waals surface area contributed by atoms with E-state index in [-0.39, 0.29) is 11.9 Å². The summed E-state index contributed by atoms with van der Waals surface area (Å²) in [5.74, 6) is -0.0414. The van der Waals surface area contributed by atoms with Gasteiger partial charge in [0.2, 0.25) is 6.41 Å². The summed E-state index contributed by atoms with van der Waals surface area (Å²) in [5, 5.41) is 11.8. The van der Waals surface area contributed by atoms with Crippen LogP contribution in [-0.4, -0.2) is 53.9 Å². The zero-order valence-corrected chi connectivity index (χ0v) is 10.8. The largest absolute Gasteiger partial charge is 0.409 e. The topological polar surface area (TPSA) is 97.4 Å². The van der Waals surface area contributed by atoms with Gasteiger partial charge in [0, 0.05) is 13.2 Å². The van der Waals surface area contributed by atoms with E-state index in [4.69, 9.17) is 20.4 Å². The predicted molar refractivity (Wildman–Crippen MR) is 65.2 cm³/mol.